The first-order chi connectivity index (χ1) is 15.4. The Morgan fingerprint density at radius 3 is 2.91 bits per heavy atom. The molecule has 11 nitrogen and oxygen atoms in total. The van der Waals surface area contributed by atoms with Crippen LogP contribution in [0, 0.1) is 0 Å². The van der Waals surface area contributed by atoms with Crippen LogP contribution in [0.1, 0.15) is 19.2 Å². The first kappa shape index (κ1) is 22.7. The number of benzene rings is 1. The lowest BCUT2D eigenvalue weighted by Gasteiger charge is -2.11. The van der Waals surface area contributed by atoms with Crippen molar-refractivity contribution in [2.75, 3.05) is 39.2 Å². The molecule has 12 heteroatoms. The van der Waals surface area contributed by atoms with Crippen LogP contribution in [-0.4, -0.2) is 72.3 Å². The van der Waals surface area contributed by atoms with Gasteiger partial charge in [-0.3, -0.25) is 14.2 Å². The molecule has 2 aromatic heterocycles. The summed E-state index contributed by atoms with van der Waals surface area (Å²) in [4.78, 5) is 0. The quantitative estimate of drug-likeness (QED) is 0.319. The molecule has 0 spiro atoms. The standard InChI is InChI=1S/C20H27N5O6S/c1-32(27,28)31-10-3-9-29-8-2-7-24-14-15(13-22-24)19-17-12-16(26)4-5-18(17)25(23-19)20-21-6-11-30-20/h4-5,12-14,20-21,26H,2-3,6-11H2,1H3. The highest BCUT2D eigenvalue weighted by atomic mass is 32.2. The zero-order chi connectivity index (χ0) is 22.6. The summed E-state index contributed by atoms with van der Waals surface area (Å²) in [7, 11) is -3.40. The molecular weight excluding hydrogens is 438 g/mol. The summed E-state index contributed by atoms with van der Waals surface area (Å²) in [6.45, 7) is 3.12. The molecule has 1 unspecified atom stereocenters. The molecule has 1 aliphatic heterocycles. The molecule has 3 heterocycles. The van der Waals surface area contributed by atoms with Crippen molar-refractivity contribution in [1.82, 2.24) is 24.9 Å². The van der Waals surface area contributed by atoms with E-state index in [0.717, 1.165) is 41.4 Å². The number of hydrogen-bond acceptors (Lipinski definition) is 9. The number of aromatic nitrogens is 4. The van der Waals surface area contributed by atoms with E-state index in [9.17, 15) is 13.5 Å². The minimum absolute atomic E-state index is 0.124. The van der Waals surface area contributed by atoms with Crippen molar-refractivity contribution >= 4 is 21.0 Å². The Kier molecular flexibility index (Phi) is 7.06. The largest absolute Gasteiger partial charge is 0.508 e. The van der Waals surface area contributed by atoms with E-state index in [4.69, 9.17) is 14.6 Å². The molecule has 32 heavy (non-hydrogen) atoms. The van der Waals surface area contributed by atoms with Gasteiger partial charge in [-0.2, -0.15) is 18.6 Å². The number of nitrogens with one attached hydrogen (secondary N) is 1. The van der Waals surface area contributed by atoms with Crippen molar-refractivity contribution in [2.45, 2.75) is 25.7 Å². The predicted molar refractivity (Wildman–Crippen MR) is 116 cm³/mol. The second-order valence-corrected chi connectivity index (χ2v) is 9.15. The predicted octanol–water partition coefficient (Wildman–Crippen LogP) is 1.45. The number of nitrogens with zero attached hydrogens (tertiary/aromatic N) is 4. The molecule has 1 atom stereocenters. The van der Waals surface area contributed by atoms with Crippen molar-refractivity contribution in [1.29, 1.82) is 0 Å². The van der Waals surface area contributed by atoms with Crippen LogP contribution in [0.3, 0.4) is 0 Å². The molecule has 3 aromatic rings. The number of aromatic hydroxyl groups is 1. The number of fused-ring (bicyclic) bond motifs is 1. The van der Waals surface area contributed by atoms with Crippen LogP contribution in [0.2, 0.25) is 0 Å². The summed E-state index contributed by atoms with van der Waals surface area (Å²) >= 11 is 0. The Morgan fingerprint density at radius 1 is 1.28 bits per heavy atom. The van der Waals surface area contributed by atoms with Crippen molar-refractivity contribution in [2.24, 2.45) is 0 Å². The number of phenolic OH excluding ortho intramolecular Hbond substituents is 1. The van der Waals surface area contributed by atoms with E-state index in [2.05, 4.69) is 14.6 Å². The third kappa shape index (κ3) is 5.64. The highest BCUT2D eigenvalue weighted by Gasteiger charge is 2.23. The summed E-state index contributed by atoms with van der Waals surface area (Å²) < 4.78 is 41.3. The molecule has 0 saturated carbocycles. The molecular formula is C20H27N5O6S. The SMILES string of the molecule is CS(=O)(=O)OCCCOCCCn1cc(-c2nn(C3NCCO3)c3ccc(O)cc23)cn1. The van der Waals surface area contributed by atoms with Crippen LogP contribution in [0.25, 0.3) is 22.2 Å². The normalized spacial score (nSPS) is 16.8. The fourth-order valence-corrected chi connectivity index (χ4v) is 3.92. The van der Waals surface area contributed by atoms with Crippen LogP contribution in [0.5, 0.6) is 5.75 Å². The first-order valence-corrected chi connectivity index (χ1v) is 12.2. The first-order valence-electron chi connectivity index (χ1n) is 10.4. The molecule has 0 bridgehead atoms. The van der Waals surface area contributed by atoms with Gasteiger partial charge in [0.1, 0.15) is 11.4 Å². The Labute approximate surface area is 186 Å². The molecule has 4 rings (SSSR count). The van der Waals surface area contributed by atoms with Crippen LogP contribution in [-0.2, 0) is 30.3 Å². The monoisotopic (exact) mass is 465 g/mol. The summed E-state index contributed by atoms with van der Waals surface area (Å²) in [5, 5.41) is 23.2. The second kappa shape index (κ2) is 9.96. The van der Waals surface area contributed by atoms with Crippen molar-refractivity contribution in [3.8, 4) is 17.0 Å². The lowest BCUT2D eigenvalue weighted by atomic mass is 10.1. The van der Waals surface area contributed by atoms with Gasteiger partial charge in [0.2, 0.25) is 6.35 Å². The van der Waals surface area contributed by atoms with E-state index in [1.54, 1.807) is 23.0 Å². The minimum atomic E-state index is -3.40. The van der Waals surface area contributed by atoms with E-state index < -0.39 is 10.1 Å². The summed E-state index contributed by atoms with van der Waals surface area (Å²) in [6.07, 6.45) is 5.62. The number of ether oxygens (including phenoxy) is 2. The van der Waals surface area contributed by atoms with Crippen LogP contribution >= 0.6 is 0 Å². The maximum absolute atomic E-state index is 10.9. The zero-order valence-corrected chi connectivity index (χ0v) is 18.6. The Morgan fingerprint density at radius 2 is 2.12 bits per heavy atom. The Balaban J connectivity index is 1.35. The topological polar surface area (TPSA) is 130 Å². The van der Waals surface area contributed by atoms with E-state index >= 15 is 0 Å². The van der Waals surface area contributed by atoms with Gasteiger partial charge in [-0.25, -0.2) is 4.68 Å². The number of rotatable bonds is 11. The third-order valence-electron chi connectivity index (χ3n) is 4.92. The van der Waals surface area contributed by atoms with Gasteiger partial charge in [-0.1, -0.05) is 0 Å². The molecule has 174 valence electrons. The van der Waals surface area contributed by atoms with Crippen molar-refractivity contribution < 1.29 is 27.2 Å². The average molecular weight is 466 g/mol. The maximum atomic E-state index is 10.9. The van der Waals surface area contributed by atoms with Gasteiger partial charge in [0.25, 0.3) is 10.1 Å². The lowest BCUT2D eigenvalue weighted by molar-refractivity contribution is 0.0382. The van der Waals surface area contributed by atoms with E-state index in [0.29, 0.717) is 32.8 Å². The summed E-state index contributed by atoms with van der Waals surface area (Å²) in [5.74, 6) is 0.171. The highest BCUT2D eigenvalue weighted by Crippen LogP contribution is 2.32. The Bertz CT molecular complexity index is 1150. The Hall–Kier alpha value is -2.51. The molecule has 0 aliphatic carbocycles. The van der Waals surface area contributed by atoms with Crippen molar-refractivity contribution in [3.63, 3.8) is 0 Å². The fraction of sp³-hybridized carbons (Fsp3) is 0.500. The number of aryl methyl sites for hydroxylation is 1. The summed E-state index contributed by atoms with van der Waals surface area (Å²) in [6, 6.07) is 5.16. The fourth-order valence-electron chi connectivity index (χ4n) is 3.50. The summed E-state index contributed by atoms with van der Waals surface area (Å²) in [5.41, 5.74) is 2.43. The molecule has 1 aliphatic rings. The van der Waals surface area contributed by atoms with Crippen molar-refractivity contribution in [3.05, 3.63) is 30.6 Å². The van der Waals surface area contributed by atoms with Gasteiger partial charge in [-0.15, -0.1) is 0 Å². The number of hydrogen-bond donors (Lipinski definition) is 2. The second-order valence-electron chi connectivity index (χ2n) is 7.51. The van der Waals surface area contributed by atoms with Gasteiger partial charge in [-0.05, 0) is 31.0 Å². The highest BCUT2D eigenvalue weighted by molar-refractivity contribution is 7.85. The van der Waals surface area contributed by atoms with Gasteiger partial charge < -0.3 is 14.6 Å². The van der Waals surface area contributed by atoms with Gasteiger partial charge in [0.15, 0.2) is 0 Å². The van der Waals surface area contributed by atoms with E-state index in [1.165, 1.54) is 0 Å². The van der Waals surface area contributed by atoms with Gasteiger partial charge >= 0.3 is 0 Å². The third-order valence-corrected chi connectivity index (χ3v) is 5.52. The van der Waals surface area contributed by atoms with Crippen LogP contribution in [0.15, 0.2) is 30.6 Å². The maximum Gasteiger partial charge on any atom is 0.264 e. The molecule has 0 radical (unpaired) electrons. The molecule has 2 N–H and O–H groups in total. The molecule has 0 amide bonds. The van der Waals surface area contributed by atoms with E-state index in [-0.39, 0.29) is 18.7 Å². The van der Waals surface area contributed by atoms with E-state index in [1.807, 2.05) is 16.9 Å². The van der Waals surface area contributed by atoms with Crippen LogP contribution in [0.4, 0.5) is 0 Å². The molecule has 1 aromatic carbocycles. The molecule has 1 fully saturated rings. The lowest BCUT2D eigenvalue weighted by Crippen LogP contribution is -2.21. The van der Waals surface area contributed by atoms with Crippen LogP contribution < -0.4 is 5.32 Å². The molecule has 1 saturated heterocycles. The average Bonchev–Trinajstić information content (AvgIpc) is 3.48. The van der Waals surface area contributed by atoms with Gasteiger partial charge in [0, 0.05) is 43.4 Å². The smallest absolute Gasteiger partial charge is 0.264 e. The minimum Gasteiger partial charge on any atom is -0.508 e. The number of phenols is 1. The van der Waals surface area contributed by atoms with Gasteiger partial charge in [0.05, 0.1) is 31.2 Å². The zero-order valence-electron chi connectivity index (χ0n) is 17.8.